The molecule has 1 rings (SSSR count). The maximum Gasteiger partial charge on any atom is 0.408 e. The van der Waals surface area contributed by atoms with Gasteiger partial charge in [0.15, 0.2) is 0 Å². The predicted octanol–water partition coefficient (Wildman–Crippen LogP) is 1.81. The van der Waals surface area contributed by atoms with Crippen molar-refractivity contribution < 1.29 is 23.9 Å². The van der Waals surface area contributed by atoms with Crippen LogP contribution >= 0.6 is 0 Å². The van der Waals surface area contributed by atoms with Crippen molar-refractivity contribution in [2.24, 2.45) is 5.92 Å². The first-order chi connectivity index (χ1) is 9.23. The van der Waals surface area contributed by atoms with Crippen LogP contribution in [0.1, 0.15) is 46.5 Å². The van der Waals surface area contributed by atoms with Crippen molar-refractivity contribution in [1.29, 1.82) is 0 Å². The highest BCUT2D eigenvalue weighted by Crippen LogP contribution is 2.25. The van der Waals surface area contributed by atoms with E-state index in [1.54, 1.807) is 20.8 Å². The Bertz CT molecular complexity index is 386. The number of carbonyl (C=O) groups is 3. The third-order valence-corrected chi connectivity index (χ3v) is 3.12. The second kappa shape index (κ2) is 6.72. The zero-order chi connectivity index (χ0) is 15.3. The maximum absolute atomic E-state index is 11.8. The molecule has 0 radical (unpaired) electrons. The normalized spacial score (nSPS) is 21.0. The van der Waals surface area contributed by atoms with Gasteiger partial charge in [0.05, 0.1) is 7.11 Å². The van der Waals surface area contributed by atoms with E-state index in [0.29, 0.717) is 12.8 Å². The minimum atomic E-state index is -0.834. The first-order valence-electron chi connectivity index (χ1n) is 6.82. The van der Waals surface area contributed by atoms with Gasteiger partial charge >= 0.3 is 12.1 Å². The van der Waals surface area contributed by atoms with Crippen molar-refractivity contribution in [3.63, 3.8) is 0 Å². The quantitative estimate of drug-likeness (QED) is 0.800. The average molecular weight is 285 g/mol. The smallest absolute Gasteiger partial charge is 0.408 e. The summed E-state index contributed by atoms with van der Waals surface area (Å²) in [5, 5.41) is 2.53. The van der Waals surface area contributed by atoms with Gasteiger partial charge in [-0.2, -0.15) is 0 Å². The van der Waals surface area contributed by atoms with Gasteiger partial charge in [0.25, 0.3) is 0 Å². The standard InChI is InChI=1S/C14H23NO5/c1-14(2,3)20-13(18)15-11(12(17)19-4)9-6-5-7-10(16)8-9/h9,11H,5-8H2,1-4H3,(H,15,18)/t9?,11-/m0/s1. The summed E-state index contributed by atoms with van der Waals surface area (Å²) in [6.45, 7) is 5.22. The molecule has 0 aromatic rings. The van der Waals surface area contributed by atoms with Crippen molar-refractivity contribution in [3.05, 3.63) is 0 Å². The van der Waals surface area contributed by atoms with Crippen molar-refractivity contribution in [2.45, 2.75) is 58.1 Å². The lowest BCUT2D eigenvalue weighted by Crippen LogP contribution is -2.49. The van der Waals surface area contributed by atoms with Gasteiger partial charge in [-0.15, -0.1) is 0 Å². The van der Waals surface area contributed by atoms with Gasteiger partial charge in [-0.1, -0.05) is 0 Å². The van der Waals surface area contributed by atoms with E-state index in [1.807, 2.05) is 0 Å². The Morgan fingerprint density at radius 1 is 1.35 bits per heavy atom. The van der Waals surface area contributed by atoms with Gasteiger partial charge in [-0.05, 0) is 39.5 Å². The molecule has 1 aliphatic carbocycles. The lowest BCUT2D eigenvalue weighted by Gasteiger charge is -2.29. The number of ketones is 1. The Kier molecular flexibility index (Phi) is 5.53. The van der Waals surface area contributed by atoms with E-state index < -0.39 is 23.7 Å². The molecule has 1 N–H and O–H groups in total. The van der Waals surface area contributed by atoms with Gasteiger partial charge in [0, 0.05) is 12.8 Å². The molecular formula is C14H23NO5. The number of alkyl carbamates (subject to hydrolysis) is 1. The van der Waals surface area contributed by atoms with Gasteiger partial charge < -0.3 is 14.8 Å². The van der Waals surface area contributed by atoms with E-state index in [4.69, 9.17) is 9.47 Å². The van der Waals surface area contributed by atoms with Gasteiger partial charge in [-0.25, -0.2) is 9.59 Å². The number of esters is 1. The summed E-state index contributed by atoms with van der Waals surface area (Å²) in [5.41, 5.74) is -0.646. The van der Waals surface area contributed by atoms with E-state index in [0.717, 1.165) is 6.42 Å². The summed E-state index contributed by atoms with van der Waals surface area (Å²) in [4.78, 5) is 35.1. The first kappa shape index (κ1) is 16.5. The molecule has 1 unspecified atom stereocenters. The zero-order valence-electron chi connectivity index (χ0n) is 12.5. The van der Waals surface area contributed by atoms with Crippen LogP contribution in [0.3, 0.4) is 0 Å². The lowest BCUT2D eigenvalue weighted by atomic mass is 9.83. The molecule has 114 valence electrons. The maximum atomic E-state index is 11.8. The molecule has 0 heterocycles. The third-order valence-electron chi connectivity index (χ3n) is 3.12. The van der Waals surface area contributed by atoms with Gasteiger partial charge in [0.2, 0.25) is 0 Å². The summed E-state index contributed by atoms with van der Waals surface area (Å²) >= 11 is 0. The number of hydrogen-bond donors (Lipinski definition) is 1. The Morgan fingerprint density at radius 3 is 2.50 bits per heavy atom. The number of rotatable bonds is 3. The molecular weight excluding hydrogens is 262 g/mol. The van der Waals surface area contributed by atoms with Crippen LogP contribution in [-0.4, -0.2) is 36.6 Å². The number of hydrogen-bond acceptors (Lipinski definition) is 5. The summed E-state index contributed by atoms with van der Waals surface area (Å²) in [6, 6.07) is -0.834. The molecule has 0 aliphatic heterocycles. The van der Waals surface area contributed by atoms with Crippen LogP contribution in [0.15, 0.2) is 0 Å². The second-order valence-corrected chi connectivity index (χ2v) is 6.04. The molecule has 0 aromatic heterocycles. The summed E-state index contributed by atoms with van der Waals surface area (Å²) in [6.07, 6.45) is 1.59. The molecule has 1 aliphatic rings. The highest BCUT2D eigenvalue weighted by atomic mass is 16.6. The minimum Gasteiger partial charge on any atom is -0.467 e. The number of ether oxygens (including phenoxy) is 2. The number of methoxy groups -OCH3 is 1. The van der Waals surface area contributed by atoms with E-state index >= 15 is 0 Å². The fourth-order valence-corrected chi connectivity index (χ4v) is 2.27. The Labute approximate surface area is 119 Å². The van der Waals surface area contributed by atoms with Crippen LogP contribution in [0.2, 0.25) is 0 Å². The molecule has 0 bridgehead atoms. The van der Waals surface area contributed by atoms with Crippen molar-refractivity contribution in [2.75, 3.05) is 7.11 Å². The molecule has 2 atom stereocenters. The highest BCUT2D eigenvalue weighted by molar-refractivity contribution is 5.84. The number of amides is 1. The monoisotopic (exact) mass is 285 g/mol. The van der Waals surface area contributed by atoms with Crippen LogP contribution in [0.4, 0.5) is 4.79 Å². The van der Waals surface area contributed by atoms with E-state index in [-0.39, 0.29) is 18.1 Å². The fourth-order valence-electron chi connectivity index (χ4n) is 2.27. The average Bonchev–Trinajstić information content (AvgIpc) is 2.33. The third kappa shape index (κ3) is 5.19. The number of nitrogens with one attached hydrogen (secondary N) is 1. The first-order valence-corrected chi connectivity index (χ1v) is 6.82. The van der Waals surface area contributed by atoms with Gasteiger partial charge in [-0.3, -0.25) is 4.79 Å². The number of carbonyl (C=O) groups excluding carboxylic acids is 3. The molecule has 0 aromatic carbocycles. The minimum absolute atomic E-state index is 0.112. The van der Waals surface area contributed by atoms with Crippen LogP contribution in [0, 0.1) is 5.92 Å². The Morgan fingerprint density at radius 2 is 2.00 bits per heavy atom. The number of Topliss-reactive ketones (excluding diaryl/α,β-unsaturated/α-hetero) is 1. The van der Waals surface area contributed by atoms with Crippen LogP contribution < -0.4 is 5.32 Å². The van der Waals surface area contributed by atoms with E-state index in [2.05, 4.69) is 5.32 Å². The van der Waals surface area contributed by atoms with Gasteiger partial charge in [0.1, 0.15) is 17.4 Å². The topological polar surface area (TPSA) is 81.7 Å². The summed E-state index contributed by atoms with van der Waals surface area (Å²) in [7, 11) is 1.26. The Hall–Kier alpha value is -1.59. The summed E-state index contributed by atoms with van der Waals surface area (Å²) in [5.74, 6) is -0.659. The molecule has 1 amide bonds. The predicted molar refractivity (Wildman–Crippen MR) is 72.1 cm³/mol. The Balaban J connectivity index is 2.72. The van der Waals surface area contributed by atoms with Crippen LogP contribution in [-0.2, 0) is 19.1 Å². The zero-order valence-corrected chi connectivity index (χ0v) is 12.5. The molecule has 1 saturated carbocycles. The fraction of sp³-hybridized carbons (Fsp3) is 0.786. The molecule has 6 nitrogen and oxygen atoms in total. The van der Waals surface area contributed by atoms with E-state index in [9.17, 15) is 14.4 Å². The largest absolute Gasteiger partial charge is 0.467 e. The van der Waals surface area contributed by atoms with Crippen molar-refractivity contribution >= 4 is 17.8 Å². The van der Waals surface area contributed by atoms with Crippen LogP contribution in [0.25, 0.3) is 0 Å². The van der Waals surface area contributed by atoms with E-state index in [1.165, 1.54) is 7.11 Å². The molecule has 1 fully saturated rings. The molecule has 20 heavy (non-hydrogen) atoms. The van der Waals surface area contributed by atoms with Crippen LogP contribution in [0.5, 0.6) is 0 Å². The lowest BCUT2D eigenvalue weighted by molar-refractivity contribution is -0.145. The summed E-state index contributed by atoms with van der Waals surface area (Å²) < 4.78 is 9.85. The molecule has 0 spiro atoms. The highest BCUT2D eigenvalue weighted by Gasteiger charge is 2.35. The SMILES string of the molecule is COC(=O)[C@@H](NC(=O)OC(C)(C)C)C1CCCC(=O)C1. The molecule has 0 saturated heterocycles. The molecule has 6 heteroatoms. The second-order valence-electron chi connectivity index (χ2n) is 6.04. The van der Waals surface area contributed by atoms with Crippen molar-refractivity contribution in [1.82, 2.24) is 5.32 Å². The van der Waals surface area contributed by atoms with Crippen molar-refractivity contribution in [3.8, 4) is 0 Å².